The molecule has 0 amide bonds. The van der Waals surface area contributed by atoms with E-state index < -0.39 is 0 Å². The Morgan fingerprint density at radius 2 is 1.87 bits per heavy atom. The molecule has 116 valence electrons. The molecule has 2 aromatic carbocycles. The summed E-state index contributed by atoms with van der Waals surface area (Å²) in [4.78, 5) is 6.70. The highest BCUT2D eigenvalue weighted by atomic mass is 15.3. The Balaban J connectivity index is 1.88. The highest BCUT2D eigenvalue weighted by molar-refractivity contribution is 5.61. The van der Waals surface area contributed by atoms with Crippen molar-refractivity contribution in [1.29, 1.82) is 0 Å². The lowest BCUT2D eigenvalue weighted by molar-refractivity contribution is 0.921. The molecule has 0 spiro atoms. The zero-order chi connectivity index (χ0) is 16.1. The fourth-order valence-corrected chi connectivity index (χ4v) is 2.40. The van der Waals surface area contributed by atoms with Gasteiger partial charge in [0, 0.05) is 17.9 Å². The van der Waals surface area contributed by atoms with E-state index in [4.69, 9.17) is 0 Å². The molecule has 0 atom stereocenters. The summed E-state index contributed by atoms with van der Waals surface area (Å²) in [6, 6.07) is 18.2. The van der Waals surface area contributed by atoms with Gasteiger partial charge in [0.15, 0.2) is 5.82 Å². The van der Waals surface area contributed by atoms with E-state index in [1.54, 1.807) is 6.20 Å². The maximum Gasteiger partial charge on any atom is 0.249 e. The van der Waals surface area contributed by atoms with Crippen molar-refractivity contribution < 1.29 is 0 Å². The van der Waals surface area contributed by atoms with Crippen molar-refractivity contribution >= 4 is 23.1 Å². The molecule has 1 heterocycles. The summed E-state index contributed by atoms with van der Waals surface area (Å²) in [5.41, 5.74) is 3.24. The summed E-state index contributed by atoms with van der Waals surface area (Å²) in [5, 5.41) is 11.3. The van der Waals surface area contributed by atoms with Crippen LogP contribution in [0.25, 0.3) is 0 Å². The van der Waals surface area contributed by atoms with Gasteiger partial charge in [0.1, 0.15) is 0 Å². The van der Waals surface area contributed by atoms with Crippen LogP contribution in [0, 0.1) is 6.92 Å². The Hall–Kier alpha value is -2.95. The standard InChI is InChI=1S/C18H19N5/c1-3-23(16-11-7-8-14(2)12-16)17-13-19-22-18(21-17)20-15-9-5-4-6-10-15/h4-13H,3H2,1-2H3,(H,20,21,22). The predicted octanol–water partition coefficient (Wildman–Crippen LogP) is 4.08. The zero-order valence-corrected chi connectivity index (χ0v) is 13.3. The summed E-state index contributed by atoms with van der Waals surface area (Å²) in [5.74, 6) is 1.26. The first-order chi connectivity index (χ1) is 11.3. The van der Waals surface area contributed by atoms with Gasteiger partial charge < -0.3 is 10.2 Å². The monoisotopic (exact) mass is 305 g/mol. The van der Waals surface area contributed by atoms with Crippen LogP contribution in [-0.4, -0.2) is 21.7 Å². The van der Waals surface area contributed by atoms with Crippen molar-refractivity contribution in [2.45, 2.75) is 13.8 Å². The fraction of sp³-hybridized carbons (Fsp3) is 0.167. The van der Waals surface area contributed by atoms with E-state index in [2.05, 4.69) is 57.4 Å². The SMILES string of the molecule is CCN(c1cccc(C)c1)c1cnnc(Nc2ccccc2)n1. The molecule has 0 radical (unpaired) electrons. The lowest BCUT2D eigenvalue weighted by Crippen LogP contribution is -2.18. The second-order valence-electron chi connectivity index (χ2n) is 5.21. The van der Waals surface area contributed by atoms with Gasteiger partial charge in [-0.25, -0.2) is 0 Å². The van der Waals surface area contributed by atoms with E-state index in [0.717, 1.165) is 23.7 Å². The minimum atomic E-state index is 0.486. The number of benzene rings is 2. The fourth-order valence-electron chi connectivity index (χ4n) is 2.40. The van der Waals surface area contributed by atoms with E-state index in [0.29, 0.717) is 5.95 Å². The van der Waals surface area contributed by atoms with Crippen LogP contribution in [0.4, 0.5) is 23.1 Å². The van der Waals surface area contributed by atoms with Gasteiger partial charge in [-0.2, -0.15) is 10.1 Å². The number of para-hydroxylation sites is 1. The van der Waals surface area contributed by atoms with Gasteiger partial charge in [-0.3, -0.25) is 0 Å². The second kappa shape index (κ2) is 6.87. The molecular weight excluding hydrogens is 286 g/mol. The van der Waals surface area contributed by atoms with Crippen molar-refractivity contribution in [3.63, 3.8) is 0 Å². The van der Waals surface area contributed by atoms with Crippen molar-refractivity contribution in [3.05, 3.63) is 66.4 Å². The number of aryl methyl sites for hydroxylation is 1. The highest BCUT2D eigenvalue weighted by Crippen LogP contribution is 2.24. The van der Waals surface area contributed by atoms with Crippen LogP contribution in [0.1, 0.15) is 12.5 Å². The second-order valence-corrected chi connectivity index (χ2v) is 5.21. The maximum atomic E-state index is 4.59. The molecule has 0 aliphatic heterocycles. The minimum absolute atomic E-state index is 0.486. The van der Waals surface area contributed by atoms with Crippen LogP contribution >= 0.6 is 0 Å². The molecule has 23 heavy (non-hydrogen) atoms. The Bertz CT molecular complexity index is 773. The number of anilines is 4. The van der Waals surface area contributed by atoms with Gasteiger partial charge in [-0.15, -0.1) is 5.10 Å². The minimum Gasteiger partial charge on any atom is -0.325 e. The molecule has 0 unspecified atom stereocenters. The average Bonchev–Trinajstić information content (AvgIpc) is 2.57. The molecule has 3 aromatic rings. The van der Waals surface area contributed by atoms with Gasteiger partial charge in [-0.1, -0.05) is 30.3 Å². The van der Waals surface area contributed by atoms with Crippen LogP contribution in [0.3, 0.4) is 0 Å². The predicted molar refractivity (Wildman–Crippen MR) is 93.4 cm³/mol. The van der Waals surface area contributed by atoms with Crippen LogP contribution in [0.2, 0.25) is 0 Å². The summed E-state index contributed by atoms with van der Waals surface area (Å²) >= 11 is 0. The van der Waals surface area contributed by atoms with Gasteiger partial charge in [0.2, 0.25) is 5.95 Å². The molecule has 1 aromatic heterocycles. The molecule has 0 saturated heterocycles. The Kier molecular flexibility index (Phi) is 4.47. The van der Waals surface area contributed by atoms with Crippen LogP contribution in [0.5, 0.6) is 0 Å². The molecule has 0 aliphatic carbocycles. The van der Waals surface area contributed by atoms with Crippen molar-refractivity contribution in [1.82, 2.24) is 15.2 Å². The molecule has 0 fully saturated rings. The molecule has 1 N–H and O–H groups in total. The summed E-state index contributed by atoms with van der Waals surface area (Å²) in [6.45, 7) is 4.97. The topological polar surface area (TPSA) is 53.9 Å². The molecule has 3 rings (SSSR count). The van der Waals surface area contributed by atoms with E-state index in [-0.39, 0.29) is 0 Å². The zero-order valence-electron chi connectivity index (χ0n) is 13.3. The maximum absolute atomic E-state index is 4.59. The lowest BCUT2D eigenvalue weighted by Gasteiger charge is -2.22. The normalized spacial score (nSPS) is 10.3. The van der Waals surface area contributed by atoms with Gasteiger partial charge in [0.05, 0.1) is 6.20 Å². The Morgan fingerprint density at radius 1 is 1.04 bits per heavy atom. The van der Waals surface area contributed by atoms with Crippen molar-refractivity contribution in [3.8, 4) is 0 Å². The average molecular weight is 305 g/mol. The molecule has 5 nitrogen and oxygen atoms in total. The van der Waals surface area contributed by atoms with Gasteiger partial charge in [0.25, 0.3) is 0 Å². The number of nitrogens with zero attached hydrogens (tertiary/aromatic N) is 4. The van der Waals surface area contributed by atoms with E-state index in [1.165, 1.54) is 5.56 Å². The van der Waals surface area contributed by atoms with Gasteiger partial charge >= 0.3 is 0 Å². The molecular formula is C18H19N5. The van der Waals surface area contributed by atoms with E-state index in [9.17, 15) is 0 Å². The lowest BCUT2D eigenvalue weighted by atomic mass is 10.2. The van der Waals surface area contributed by atoms with Crippen molar-refractivity contribution in [2.75, 3.05) is 16.8 Å². The smallest absolute Gasteiger partial charge is 0.249 e. The summed E-state index contributed by atoms with van der Waals surface area (Å²) in [7, 11) is 0. The molecule has 5 heteroatoms. The Labute approximate surface area is 136 Å². The number of rotatable bonds is 5. The summed E-state index contributed by atoms with van der Waals surface area (Å²) < 4.78 is 0. The number of aromatic nitrogens is 3. The first kappa shape index (κ1) is 15.0. The van der Waals surface area contributed by atoms with Crippen LogP contribution < -0.4 is 10.2 Å². The first-order valence-corrected chi connectivity index (χ1v) is 7.62. The first-order valence-electron chi connectivity index (χ1n) is 7.62. The Morgan fingerprint density at radius 3 is 2.61 bits per heavy atom. The third-order valence-corrected chi connectivity index (χ3v) is 3.48. The largest absolute Gasteiger partial charge is 0.325 e. The van der Waals surface area contributed by atoms with E-state index >= 15 is 0 Å². The number of hydrogen-bond donors (Lipinski definition) is 1. The number of hydrogen-bond acceptors (Lipinski definition) is 5. The van der Waals surface area contributed by atoms with Crippen LogP contribution in [-0.2, 0) is 0 Å². The summed E-state index contributed by atoms with van der Waals surface area (Å²) in [6.07, 6.45) is 1.68. The van der Waals surface area contributed by atoms with Crippen LogP contribution in [0.15, 0.2) is 60.8 Å². The molecule has 0 aliphatic rings. The van der Waals surface area contributed by atoms with Crippen molar-refractivity contribution in [2.24, 2.45) is 0 Å². The third kappa shape index (κ3) is 3.63. The van der Waals surface area contributed by atoms with E-state index in [1.807, 2.05) is 36.4 Å². The quantitative estimate of drug-likeness (QED) is 0.769. The molecule has 0 saturated carbocycles. The third-order valence-electron chi connectivity index (χ3n) is 3.48. The highest BCUT2D eigenvalue weighted by Gasteiger charge is 2.11. The van der Waals surface area contributed by atoms with Gasteiger partial charge in [-0.05, 0) is 43.7 Å². The molecule has 0 bridgehead atoms. The number of nitrogens with one attached hydrogen (secondary N) is 1.